The van der Waals surface area contributed by atoms with Crippen LogP contribution in [-0.4, -0.2) is 35.2 Å². The molecule has 0 atom stereocenters. The molecule has 1 aliphatic carbocycles. The van der Waals surface area contributed by atoms with E-state index in [2.05, 4.69) is 25.6 Å². The molecule has 1 aromatic carbocycles. The summed E-state index contributed by atoms with van der Waals surface area (Å²) in [5.74, 6) is -0.119. The highest BCUT2D eigenvalue weighted by Crippen LogP contribution is 2.32. The fourth-order valence-electron chi connectivity index (χ4n) is 3.42. The van der Waals surface area contributed by atoms with E-state index in [1.807, 2.05) is 0 Å². The number of urea groups is 1. The quantitative estimate of drug-likeness (QED) is 0.449. The van der Waals surface area contributed by atoms with Crippen LogP contribution in [0.25, 0.3) is 0 Å². The number of anilines is 2. The number of benzene rings is 1. The van der Waals surface area contributed by atoms with E-state index < -0.39 is 15.9 Å². The monoisotopic (exact) mass is 479 g/mol. The second-order valence-electron chi connectivity index (χ2n) is 7.00. The standard InChI is InChI=1S/C19H18ClN5O4S2/c20-12-5-6-14(13(9-12)16(26)11-3-1-2-4-11)24-17(27)25-18-23-10-15(30-18)31(28,29)19-21-7-8-22-19/h5-11H,1-4H2,(H,21,22)(H2,23,24,25,27). The van der Waals surface area contributed by atoms with Crippen LogP contribution in [0.5, 0.6) is 0 Å². The minimum absolute atomic E-state index is 0.0450. The number of ketones is 1. The predicted molar refractivity (Wildman–Crippen MR) is 117 cm³/mol. The molecule has 9 nitrogen and oxygen atoms in total. The summed E-state index contributed by atoms with van der Waals surface area (Å²) >= 11 is 6.86. The summed E-state index contributed by atoms with van der Waals surface area (Å²) in [5, 5.41) is 5.41. The molecule has 1 fully saturated rings. The number of aromatic amines is 1. The third kappa shape index (κ3) is 4.63. The molecule has 2 amide bonds. The van der Waals surface area contributed by atoms with Crippen LogP contribution in [-0.2, 0) is 9.84 Å². The van der Waals surface area contributed by atoms with Crippen molar-refractivity contribution in [2.75, 3.05) is 10.6 Å². The number of H-pyrrole nitrogens is 1. The van der Waals surface area contributed by atoms with E-state index in [-0.39, 0.29) is 26.2 Å². The second-order valence-corrected chi connectivity index (χ2v) is 10.6. The van der Waals surface area contributed by atoms with Crippen LogP contribution >= 0.6 is 22.9 Å². The Morgan fingerprint density at radius 3 is 2.65 bits per heavy atom. The topological polar surface area (TPSA) is 134 Å². The number of aromatic nitrogens is 3. The number of imidazole rings is 1. The maximum atomic E-state index is 12.9. The van der Waals surface area contributed by atoms with Crippen LogP contribution in [0.4, 0.5) is 15.6 Å². The largest absolute Gasteiger partial charge is 0.335 e. The summed E-state index contributed by atoms with van der Waals surface area (Å²) in [5.41, 5.74) is 0.688. The van der Waals surface area contributed by atoms with Crippen LogP contribution < -0.4 is 10.6 Å². The van der Waals surface area contributed by atoms with Crippen molar-refractivity contribution in [3.8, 4) is 0 Å². The van der Waals surface area contributed by atoms with Crippen molar-refractivity contribution in [3.63, 3.8) is 0 Å². The zero-order valence-corrected chi connectivity index (χ0v) is 18.5. The Kier molecular flexibility index (Phi) is 6.08. The smallest absolute Gasteiger partial charge is 0.325 e. The van der Waals surface area contributed by atoms with Crippen LogP contribution in [0.1, 0.15) is 36.0 Å². The van der Waals surface area contributed by atoms with Crippen LogP contribution in [0.3, 0.4) is 0 Å². The molecule has 31 heavy (non-hydrogen) atoms. The number of nitrogens with one attached hydrogen (secondary N) is 3. The van der Waals surface area contributed by atoms with Gasteiger partial charge in [-0.15, -0.1) is 0 Å². The Bertz CT molecular complexity index is 1220. The molecular weight excluding hydrogens is 462 g/mol. The summed E-state index contributed by atoms with van der Waals surface area (Å²) in [6.45, 7) is 0. The number of halogens is 1. The number of hydrogen-bond acceptors (Lipinski definition) is 7. The van der Waals surface area contributed by atoms with Crippen LogP contribution in [0.15, 0.2) is 46.2 Å². The number of amides is 2. The molecule has 1 aliphatic rings. The molecule has 0 saturated heterocycles. The van der Waals surface area contributed by atoms with Crippen LogP contribution in [0.2, 0.25) is 5.02 Å². The second kappa shape index (κ2) is 8.77. The fourth-order valence-corrected chi connectivity index (χ4v) is 5.86. The first-order valence-electron chi connectivity index (χ1n) is 9.46. The van der Waals surface area contributed by atoms with Crippen molar-refractivity contribution in [1.29, 1.82) is 0 Å². The Labute approximate surface area is 187 Å². The van der Waals surface area contributed by atoms with Gasteiger partial charge in [0, 0.05) is 28.9 Å². The molecule has 0 spiro atoms. The number of hydrogen-bond donors (Lipinski definition) is 3. The average Bonchev–Trinajstić information content (AvgIpc) is 3.50. The van der Waals surface area contributed by atoms with Gasteiger partial charge in [0.15, 0.2) is 10.9 Å². The molecule has 2 aromatic heterocycles. The van der Waals surface area contributed by atoms with E-state index in [0.29, 0.717) is 16.3 Å². The van der Waals surface area contributed by atoms with Gasteiger partial charge >= 0.3 is 6.03 Å². The van der Waals surface area contributed by atoms with Crippen molar-refractivity contribution in [1.82, 2.24) is 15.0 Å². The molecule has 3 aromatic rings. The van der Waals surface area contributed by atoms with Gasteiger partial charge in [-0.25, -0.2) is 23.2 Å². The number of Topliss-reactive ketones (excluding diaryl/α,β-unsaturated/α-hetero) is 1. The third-order valence-electron chi connectivity index (χ3n) is 4.92. The first kappa shape index (κ1) is 21.5. The van der Waals surface area contributed by atoms with Crippen molar-refractivity contribution in [3.05, 3.63) is 47.4 Å². The first-order valence-corrected chi connectivity index (χ1v) is 12.1. The van der Waals surface area contributed by atoms with E-state index in [0.717, 1.165) is 43.2 Å². The number of sulfone groups is 1. The Balaban J connectivity index is 1.49. The first-order chi connectivity index (χ1) is 14.8. The minimum atomic E-state index is -3.84. The molecular formula is C19H18ClN5O4S2. The van der Waals surface area contributed by atoms with E-state index in [9.17, 15) is 18.0 Å². The summed E-state index contributed by atoms with van der Waals surface area (Å²) in [4.78, 5) is 35.6. The number of nitrogens with zero attached hydrogens (tertiary/aromatic N) is 2. The third-order valence-corrected chi connectivity index (χ3v) is 8.14. The van der Waals surface area contributed by atoms with E-state index >= 15 is 0 Å². The maximum absolute atomic E-state index is 12.9. The molecule has 1 saturated carbocycles. The molecule has 0 radical (unpaired) electrons. The average molecular weight is 480 g/mol. The number of thiazole rings is 1. The lowest BCUT2D eigenvalue weighted by Crippen LogP contribution is -2.22. The van der Waals surface area contributed by atoms with Gasteiger partial charge in [-0.3, -0.25) is 10.1 Å². The van der Waals surface area contributed by atoms with Crippen molar-refractivity contribution in [2.24, 2.45) is 5.92 Å². The highest BCUT2D eigenvalue weighted by molar-refractivity contribution is 7.93. The SMILES string of the molecule is O=C(Nc1ncc(S(=O)(=O)c2ncc[nH]2)s1)Nc1ccc(Cl)cc1C(=O)C1CCCC1. The Morgan fingerprint density at radius 2 is 1.94 bits per heavy atom. The van der Waals surface area contributed by atoms with E-state index in [1.54, 1.807) is 18.2 Å². The van der Waals surface area contributed by atoms with Gasteiger partial charge in [0.05, 0.1) is 11.9 Å². The summed E-state index contributed by atoms with van der Waals surface area (Å²) in [7, 11) is -3.84. The van der Waals surface area contributed by atoms with Gasteiger partial charge in [-0.1, -0.05) is 35.8 Å². The van der Waals surface area contributed by atoms with Gasteiger partial charge in [0.1, 0.15) is 4.21 Å². The molecule has 162 valence electrons. The van der Waals surface area contributed by atoms with Crippen molar-refractivity contribution < 1.29 is 18.0 Å². The Hall–Kier alpha value is -2.76. The molecule has 12 heteroatoms. The van der Waals surface area contributed by atoms with Crippen molar-refractivity contribution in [2.45, 2.75) is 35.0 Å². The van der Waals surface area contributed by atoms with E-state index in [1.165, 1.54) is 12.4 Å². The maximum Gasteiger partial charge on any atom is 0.325 e. The lowest BCUT2D eigenvalue weighted by atomic mass is 9.95. The van der Waals surface area contributed by atoms with Gasteiger partial charge < -0.3 is 10.3 Å². The summed E-state index contributed by atoms with van der Waals surface area (Å²) in [6, 6.07) is 4.05. The lowest BCUT2D eigenvalue weighted by Gasteiger charge is -2.14. The minimum Gasteiger partial charge on any atom is -0.335 e. The molecule has 0 aliphatic heterocycles. The van der Waals surface area contributed by atoms with Gasteiger partial charge in [-0.2, -0.15) is 0 Å². The number of carbonyl (C=O) groups excluding carboxylic acids is 2. The zero-order valence-electron chi connectivity index (χ0n) is 16.1. The van der Waals surface area contributed by atoms with E-state index in [4.69, 9.17) is 11.6 Å². The lowest BCUT2D eigenvalue weighted by molar-refractivity contribution is 0.0923. The summed E-state index contributed by atoms with van der Waals surface area (Å²) in [6.07, 6.45) is 7.54. The molecule has 2 heterocycles. The fraction of sp³-hybridized carbons (Fsp3) is 0.263. The zero-order chi connectivity index (χ0) is 22.0. The predicted octanol–water partition coefficient (Wildman–Crippen LogP) is 4.37. The Morgan fingerprint density at radius 1 is 1.16 bits per heavy atom. The molecule has 3 N–H and O–H groups in total. The van der Waals surface area contributed by atoms with Crippen LogP contribution in [0, 0.1) is 5.92 Å². The van der Waals surface area contributed by atoms with Gasteiger partial charge in [0.2, 0.25) is 5.16 Å². The normalized spacial score (nSPS) is 14.5. The van der Waals surface area contributed by atoms with Gasteiger partial charge in [0.25, 0.3) is 9.84 Å². The molecule has 4 rings (SSSR count). The van der Waals surface area contributed by atoms with Crippen molar-refractivity contribution >= 4 is 55.4 Å². The molecule has 0 unspecified atom stereocenters. The number of carbonyl (C=O) groups is 2. The summed E-state index contributed by atoms with van der Waals surface area (Å²) < 4.78 is 24.9. The molecule has 0 bridgehead atoms. The van der Waals surface area contributed by atoms with Gasteiger partial charge in [-0.05, 0) is 31.0 Å². The highest BCUT2D eigenvalue weighted by Gasteiger charge is 2.27. The number of rotatable bonds is 6. The highest BCUT2D eigenvalue weighted by atomic mass is 35.5.